The van der Waals surface area contributed by atoms with Gasteiger partial charge in [-0.3, -0.25) is 4.79 Å². The number of alkyl carbamates (subject to hydrolysis) is 1. The van der Waals surface area contributed by atoms with Gasteiger partial charge in [-0.1, -0.05) is 36.4 Å². The van der Waals surface area contributed by atoms with Crippen molar-refractivity contribution in [2.75, 3.05) is 7.11 Å². The zero-order chi connectivity index (χ0) is 22.6. The third kappa shape index (κ3) is 5.64. The molecule has 31 heavy (non-hydrogen) atoms. The molecule has 166 valence electrons. The van der Waals surface area contributed by atoms with Crippen LogP contribution in [0.4, 0.5) is 4.79 Å². The van der Waals surface area contributed by atoms with E-state index in [0.717, 1.165) is 10.4 Å². The topological polar surface area (TPSA) is 93.7 Å². The minimum atomic E-state index is -1.14. The van der Waals surface area contributed by atoms with E-state index in [2.05, 4.69) is 10.6 Å². The van der Waals surface area contributed by atoms with Crippen molar-refractivity contribution in [3.8, 4) is 0 Å². The molecule has 1 saturated carbocycles. The van der Waals surface area contributed by atoms with Crippen molar-refractivity contribution in [2.45, 2.75) is 56.7 Å². The van der Waals surface area contributed by atoms with Crippen LogP contribution >= 0.6 is 11.3 Å². The van der Waals surface area contributed by atoms with Crippen LogP contribution < -0.4 is 10.6 Å². The molecule has 2 aromatic rings. The minimum absolute atomic E-state index is 0.186. The molecule has 3 atom stereocenters. The van der Waals surface area contributed by atoms with Crippen LogP contribution in [0.5, 0.6) is 0 Å². The zero-order valence-corrected chi connectivity index (χ0v) is 19.0. The summed E-state index contributed by atoms with van der Waals surface area (Å²) >= 11 is 1.49. The summed E-state index contributed by atoms with van der Waals surface area (Å²) in [6.45, 7) is 5.26. The van der Waals surface area contributed by atoms with Crippen LogP contribution in [-0.2, 0) is 25.5 Å². The minimum Gasteiger partial charge on any atom is -0.467 e. The molecule has 1 aliphatic carbocycles. The number of rotatable bonds is 7. The fourth-order valence-electron chi connectivity index (χ4n) is 3.54. The van der Waals surface area contributed by atoms with Gasteiger partial charge in [0.05, 0.1) is 7.11 Å². The van der Waals surface area contributed by atoms with Gasteiger partial charge in [0.1, 0.15) is 17.2 Å². The normalized spacial score (nSPS) is 21.0. The molecule has 0 spiro atoms. The predicted molar refractivity (Wildman–Crippen MR) is 118 cm³/mol. The van der Waals surface area contributed by atoms with Gasteiger partial charge in [-0.15, -0.1) is 11.3 Å². The quantitative estimate of drug-likeness (QED) is 0.639. The van der Waals surface area contributed by atoms with Crippen molar-refractivity contribution in [1.29, 1.82) is 0 Å². The molecule has 1 fully saturated rings. The fourth-order valence-corrected chi connectivity index (χ4v) is 4.30. The molecule has 7 nitrogen and oxygen atoms in total. The van der Waals surface area contributed by atoms with Gasteiger partial charge in [-0.2, -0.15) is 0 Å². The summed E-state index contributed by atoms with van der Waals surface area (Å²) in [6.07, 6.45) is 0.0376. The molecule has 1 aromatic carbocycles. The van der Waals surface area contributed by atoms with Crippen LogP contribution in [-0.4, -0.2) is 42.3 Å². The third-order valence-electron chi connectivity index (χ3n) is 5.05. The largest absolute Gasteiger partial charge is 0.467 e. The average molecular weight is 445 g/mol. The summed E-state index contributed by atoms with van der Waals surface area (Å²) in [4.78, 5) is 39.1. The number of hydrogen-bond donors (Lipinski definition) is 2. The van der Waals surface area contributed by atoms with E-state index < -0.39 is 35.2 Å². The molecule has 0 radical (unpaired) electrons. The summed E-state index contributed by atoms with van der Waals surface area (Å²) < 4.78 is 10.3. The number of nitrogens with one attached hydrogen (secondary N) is 2. The van der Waals surface area contributed by atoms with Crippen molar-refractivity contribution < 1.29 is 23.9 Å². The number of amides is 2. The number of thiophene rings is 1. The lowest BCUT2D eigenvalue weighted by molar-refractivity contribution is -0.146. The lowest BCUT2D eigenvalue weighted by Gasteiger charge is -2.25. The summed E-state index contributed by atoms with van der Waals surface area (Å²) in [7, 11) is 1.30. The van der Waals surface area contributed by atoms with Gasteiger partial charge in [0.15, 0.2) is 0 Å². The first kappa shape index (κ1) is 22.8. The monoisotopic (exact) mass is 444 g/mol. The molecule has 0 bridgehead atoms. The standard InChI is InChI=1S/C23H28N2O5S/c1-22(2,3)30-21(28)24-18(13-16-11-8-12-31-16)19(26)25-23(20(27)29-4)14-17(23)15-9-6-5-7-10-15/h5-12,17-18H,13-14H2,1-4H3,(H,24,28)(H,25,26)/t17-,18+,23-/m1/s1. The highest BCUT2D eigenvalue weighted by atomic mass is 32.1. The summed E-state index contributed by atoms with van der Waals surface area (Å²) in [5, 5.41) is 7.43. The molecular formula is C23H28N2O5S. The van der Waals surface area contributed by atoms with Gasteiger partial charge in [0.2, 0.25) is 5.91 Å². The van der Waals surface area contributed by atoms with Crippen LogP contribution in [0.25, 0.3) is 0 Å². The predicted octanol–water partition coefficient (Wildman–Crippen LogP) is 3.40. The molecule has 0 saturated heterocycles. The summed E-state index contributed by atoms with van der Waals surface area (Å²) in [5.41, 5.74) is -0.893. The molecule has 1 aliphatic rings. The Bertz CT molecular complexity index is 923. The van der Waals surface area contributed by atoms with Crippen molar-refractivity contribution in [3.05, 3.63) is 58.3 Å². The molecule has 1 aromatic heterocycles. The molecule has 1 heterocycles. The number of carbonyl (C=O) groups is 3. The Kier molecular flexibility index (Phi) is 6.69. The number of carbonyl (C=O) groups excluding carboxylic acids is 3. The maximum absolute atomic E-state index is 13.2. The molecular weight excluding hydrogens is 416 g/mol. The van der Waals surface area contributed by atoms with Gasteiger partial charge in [0, 0.05) is 17.2 Å². The Morgan fingerprint density at radius 2 is 1.87 bits per heavy atom. The molecule has 2 N–H and O–H groups in total. The van der Waals surface area contributed by atoms with E-state index in [1.807, 2.05) is 47.8 Å². The van der Waals surface area contributed by atoms with Crippen molar-refractivity contribution >= 4 is 29.3 Å². The Hall–Kier alpha value is -2.87. The molecule has 0 unspecified atom stereocenters. The Balaban J connectivity index is 1.79. The Labute approximate surface area is 186 Å². The van der Waals surface area contributed by atoms with Gasteiger partial charge in [0.25, 0.3) is 0 Å². The van der Waals surface area contributed by atoms with E-state index in [-0.39, 0.29) is 12.3 Å². The average Bonchev–Trinajstić information content (AvgIpc) is 3.20. The number of benzene rings is 1. The van der Waals surface area contributed by atoms with Crippen molar-refractivity contribution in [1.82, 2.24) is 10.6 Å². The summed E-state index contributed by atoms with van der Waals surface area (Å²) in [5.74, 6) is -1.14. The van der Waals surface area contributed by atoms with Crippen molar-refractivity contribution in [2.24, 2.45) is 0 Å². The highest BCUT2D eigenvalue weighted by molar-refractivity contribution is 7.09. The van der Waals surface area contributed by atoms with E-state index >= 15 is 0 Å². The first-order chi connectivity index (χ1) is 14.6. The van der Waals surface area contributed by atoms with E-state index in [0.29, 0.717) is 6.42 Å². The van der Waals surface area contributed by atoms with Crippen LogP contribution in [0, 0.1) is 0 Å². The lowest BCUT2D eigenvalue weighted by Crippen LogP contribution is -2.55. The number of esters is 1. The van der Waals surface area contributed by atoms with Crippen LogP contribution in [0.3, 0.4) is 0 Å². The third-order valence-corrected chi connectivity index (χ3v) is 5.95. The summed E-state index contributed by atoms with van der Waals surface area (Å²) in [6, 6.07) is 12.4. The van der Waals surface area contributed by atoms with Gasteiger partial charge in [-0.05, 0) is 44.2 Å². The maximum atomic E-state index is 13.2. The first-order valence-electron chi connectivity index (χ1n) is 10.1. The lowest BCUT2D eigenvalue weighted by atomic mass is 10.0. The Morgan fingerprint density at radius 1 is 1.16 bits per heavy atom. The van der Waals surface area contributed by atoms with Gasteiger partial charge in [-0.25, -0.2) is 9.59 Å². The second-order valence-electron chi connectivity index (χ2n) is 8.60. The molecule has 8 heteroatoms. The second kappa shape index (κ2) is 9.09. The Morgan fingerprint density at radius 3 is 2.45 bits per heavy atom. The van der Waals surface area contributed by atoms with Crippen LogP contribution in [0.1, 0.15) is 43.6 Å². The van der Waals surface area contributed by atoms with E-state index in [9.17, 15) is 14.4 Å². The van der Waals surface area contributed by atoms with Crippen LogP contribution in [0.2, 0.25) is 0 Å². The van der Waals surface area contributed by atoms with E-state index in [1.165, 1.54) is 18.4 Å². The number of hydrogen-bond acceptors (Lipinski definition) is 6. The fraction of sp³-hybridized carbons (Fsp3) is 0.435. The maximum Gasteiger partial charge on any atom is 0.408 e. The highest BCUT2D eigenvalue weighted by Gasteiger charge is 2.63. The van der Waals surface area contributed by atoms with E-state index in [4.69, 9.17) is 9.47 Å². The SMILES string of the molecule is COC(=O)[C@@]1(NC(=O)[C@H](Cc2cccs2)NC(=O)OC(C)(C)C)C[C@@H]1c1ccccc1. The first-order valence-corrected chi connectivity index (χ1v) is 11.0. The number of ether oxygens (including phenoxy) is 2. The zero-order valence-electron chi connectivity index (χ0n) is 18.1. The number of methoxy groups -OCH3 is 1. The van der Waals surface area contributed by atoms with Gasteiger partial charge < -0.3 is 20.1 Å². The molecule has 2 amide bonds. The van der Waals surface area contributed by atoms with E-state index in [1.54, 1.807) is 20.8 Å². The smallest absolute Gasteiger partial charge is 0.408 e. The van der Waals surface area contributed by atoms with Gasteiger partial charge >= 0.3 is 12.1 Å². The van der Waals surface area contributed by atoms with Crippen LogP contribution in [0.15, 0.2) is 47.8 Å². The van der Waals surface area contributed by atoms with Crippen molar-refractivity contribution in [3.63, 3.8) is 0 Å². The molecule has 3 rings (SSSR count). The highest BCUT2D eigenvalue weighted by Crippen LogP contribution is 2.52. The second-order valence-corrected chi connectivity index (χ2v) is 9.63. The molecule has 0 aliphatic heterocycles.